The average Bonchev–Trinajstić information content (AvgIpc) is 3.08. The number of hydrogen-bond donors (Lipinski definition) is 5. The molecule has 0 fully saturated rings. The lowest BCUT2D eigenvalue weighted by Crippen LogP contribution is -2.49. The number of allylic oxidation sites excluding steroid dienone is 1. The number of benzene rings is 1. The van der Waals surface area contributed by atoms with E-state index in [0.29, 0.717) is 18.1 Å². The molecule has 0 aliphatic carbocycles. The van der Waals surface area contributed by atoms with Gasteiger partial charge in [-0.1, -0.05) is 12.1 Å². The van der Waals surface area contributed by atoms with E-state index in [1.165, 1.54) is 0 Å². The fourth-order valence-electron chi connectivity index (χ4n) is 2.42. The van der Waals surface area contributed by atoms with E-state index in [1.807, 2.05) is 24.3 Å². The minimum Gasteiger partial charge on any atom is -0.497 e. The number of H-pyrrole nitrogens is 1. The predicted octanol–water partition coefficient (Wildman–Crippen LogP) is 1.39. The second kappa shape index (κ2) is 7.28. The zero-order valence-electron chi connectivity index (χ0n) is 14.5. The number of methoxy groups -OCH3 is 1. The first-order chi connectivity index (χ1) is 12.4. The Hall–Kier alpha value is -3.33. The first-order valence-corrected chi connectivity index (χ1v) is 8.01. The van der Waals surface area contributed by atoms with Crippen molar-refractivity contribution in [2.75, 3.05) is 12.4 Å². The number of nitrogens with one attached hydrogen (secondary N) is 4. The Morgan fingerprint density at radius 2 is 2.23 bits per heavy atom. The van der Waals surface area contributed by atoms with Gasteiger partial charge in [-0.3, -0.25) is 21.1 Å². The van der Waals surface area contributed by atoms with E-state index in [9.17, 15) is 4.79 Å². The number of anilines is 1. The fraction of sp³-hybridized carbons (Fsp3) is 0.235. The van der Waals surface area contributed by atoms with E-state index >= 15 is 0 Å². The molecule has 1 unspecified atom stereocenters. The molecule has 0 spiro atoms. The maximum atomic E-state index is 12.1. The minimum atomic E-state index is -0.878. The van der Waals surface area contributed by atoms with Crippen molar-refractivity contribution in [3.05, 3.63) is 47.7 Å². The normalized spacial score (nSPS) is 18.7. The van der Waals surface area contributed by atoms with Gasteiger partial charge in [0.25, 0.3) is 0 Å². The molecule has 9 nitrogen and oxygen atoms in total. The SMILES string of the molecule is COc1cccc(CNC(=O)Nc2cc(C3=CC=NC(C)(N)N3)[nH]n2)c1. The Balaban J connectivity index is 1.56. The molecule has 2 aromatic rings. The van der Waals surface area contributed by atoms with Crippen LogP contribution >= 0.6 is 0 Å². The second-order valence-corrected chi connectivity index (χ2v) is 5.96. The van der Waals surface area contributed by atoms with Gasteiger partial charge in [-0.25, -0.2) is 4.79 Å². The third kappa shape index (κ3) is 4.39. The van der Waals surface area contributed by atoms with Crippen molar-refractivity contribution in [3.63, 3.8) is 0 Å². The van der Waals surface area contributed by atoms with Gasteiger partial charge in [0.1, 0.15) is 5.75 Å². The molecule has 1 atom stereocenters. The van der Waals surface area contributed by atoms with Crippen LogP contribution in [0, 0.1) is 0 Å². The number of carbonyl (C=O) groups excluding carboxylic acids is 1. The van der Waals surface area contributed by atoms with Gasteiger partial charge in [0.15, 0.2) is 11.6 Å². The quantitative estimate of drug-likeness (QED) is 0.553. The van der Waals surface area contributed by atoms with Crippen LogP contribution in [0.25, 0.3) is 5.70 Å². The van der Waals surface area contributed by atoms with Gasteiger partial charge in [-0.2, -0.15) is 5.10 Å². The maximum Gasteiger partial charge on any atom is 0.320 e. The molecule has 136 valence electrons. The lowest BCUT2D eigenvalue weighted by atomic mass is 10.2. The van der Waals surface area contributed by atoms with E-state index in [2.05, 4.69) is 31.1 Å². The summed E-state index contributed by atoms with van der Waals surface area (Å²) in [6.45, 7) is 2.12. The number of nitrogens with two attached hydrogens (primary N) is 1. The minimum absolute atomic E-state index is 0.360. The molecule has 0 saturated heterocycles. The average molecular weight is 355 g/mol. The molecule has 0 saturated carbocycles. The van der Waals surface area contributed by atoms with Gasteiger partial charge in [0.05, 0.1) is 18.5 Å². The highest BCUT2D eigenvalue weighted by Crippen LogP contribution is 2.17. The molecule has 2 amide bonds. The third-order valence-electron chi connectivity index (χ3n) is 3.67. The Labute approximate surface area is 150 Å². The van der Waals surface area contributed by atoms with Gasteiger partial charge in [0.2, 0.25) is 0 Å². The van der Waals surface area contributed by atoms with E-state index in [4.69, 9.17) is 10.5 Å². The molecule has 26 heavy (non-hydrogen) atoms. The molecule has 6 N–H and O–H groups in total. The molecule has 1 aliphatic heterocycles. The second-order valence-electron chi connectivity index (χ2n) is 5.96. The standard InChI is InChI=1S/C17H21N7O2/c1-17(18)20-7-6-13(22-17)14-9-15(24-23-14)21-16(25)19-10-11-4-3-5-12(8-11)26-2/h3-9,22H,10,18H2,1-2H3,(H3,19,21,23,24,25). The summed E-state index contributed by atoms with van der Waals surface area (Å²) in [5.74, 6) is 0.258. The molecule has 0 bridgehead atoms. The van der Waals surface area contributed by atoms with Crippen LogP contribution in [0.5, 0.6) is 5.75 Å². The van der Waals surface area contributed by atoms with Crippen LogP contribution in [-0.2, 0) is 6.54 Å². The molecule has 9 heteroatoms. The zero-order chi connectivity index (χ0) is 18.6. The Morgan fingerprint density at radius 3 is 3.00 bits per heavy atom. The predicted molar refractivity (Wildman–Crippen MR) is 99.6 cm³/mol. The lowest BCUT2D eigenvalue weighted by molar-refractivity contribution is 0.251. The zero-order valence-corrected chi connectivity index (χ0v) is 14.5. The van der Waals surface area contributed by atoms with Gasteiger partial charge < -0.3 is 15.4 Å². The van der Waals surface area contributed by atoms with Crippen LogP contribution in [0.15, 0.2) is 41.4 Å². The molecular formula is C17H21N7O2. The summed E-state index contributed by atoms with van der Waals surface area (Å²) in [5, 5.41) is 15.4. The van der Waals surface area contributed by atoms with E-state index in [-0.39, 0.29) is 6.03 Å². The molecule has 1 aliphatic rings. The van der Waals surface area contributed by atoms with Crippen LogP contribution < -0.4 is 26.4 Å². The number of urea groups is 1. The fourth-order valence-corrected chi connectivity index (χ4v) is 2.42. The number of nitrogens with zero attached hydrogens (tertiary/aromatic N) is 2. The van der Waals surface area contributed by atoms with Crippen LogP contribution in [0.2, 0.25) is 0 Å². The van der Waals surface area contributed by atoms with Crippen molar-refractivity contribution in [2.45, 2.75) is 19.3 Å². The Kier molecular flexibility index (Phi) is 4.90. The number of hydrogen-bond acceptors (Lipinski definition) is 6. The van der Waals surface area contributed by atoms with Crippen LogP contribution in [0.1, 0.15) is 18.2 Å². The molecule has 3 rings (SSSR count). The lowest BCUT2D eigenvalue weighted by Gasteiger charge is -2.26. The van der Waals surface area contributed by atoms with Crippen molar-refractivity contribution in [2.24, 2.45) is 10.7 Å². The molecular weight excluding hydrogens is 334 g/mol. The molecule has 1 aromatic heterocycles. The topological polar surface area (TPSA) is 129 Å². The summed E-state index contributed by atoms with van der Waals surface area (Å²) in [7, 11) is 1.60. The van der Waals surface area contributed by atoms with Gasteiger partial charge in [-0.15, -0.1) is 0 Å². The van der Waals surface area contributed by atoms with Crippen molar-refractivity contribution < 1.29 is 9.53 Å². The highest BCUT2D eigenvalue weighted by atomic mass is 16.5. The number of carbonyl (C=O) groups is 1. The molecule has 0 radical (unpaired) electrons. The van der Waals surface area contributed by atoms with Crippen LogP contribution in [0.3, 0.4) is 0 Å². The third-order valence-corrected chi connectivity index (χ3v) is 3.67. The first kappa shape index (κ1) is 17.5. The van der Waals surface area contributed by atoms with Crippen LogP contribution in [0.4, 0.5) is 10.6 Å². The maximum absolute atomic E-state index is 12.1. The number of aromatic nitrogens is 2. The number of amides is 2. The Bertz CT molecular complexity index is 854. The van der Waals surface area contributed by atoms with Crippen molar-refractivity contribution in [1.29, 1.82) is 0 Å². The molecule has 2 heterocycles. The van der Waals surface area contributed by atoms with Crippen molar-refractivity contribution >= 4 is 23.8 Å². The van der Waals surface area contributed by atoms with E-state index in [1.54, 1.807) is 32.4 Å². The number of aliphatic imine (C=N–C) groups is 1. The van der Waals surface area contributed by atoms with E-state index < -0.39 is 5.79 Å². The van der Waals surface area contributed by atoms with Crippen molar-refractivity contribution in [1.82, 2.24) is 20.8 Å². The molecule has 1 aromatic carbocycles. The first-order valence-electron chi connectivity index (χ1n) is 8.01. The highest BCUT2D eigenvalue weighted by molar-refractivity contribution is 5.89. The summed E-state index contributed by atoms with van der Waals surface area (Å²) in [6.07, 6.45) is 3.40. The summed E-state index contributed by atoms with van der Waals surface area (Å²) in [6, 6.07) is 8.83. The number of rotatable bonds is 5. The Morgan fingerprint density at radius 1 is 1.38 bits per heavy atom. The van der Waals surface area contributed by atoms with Gasteiger partial charge in [-0.05, 0) is 30.7 Å². The monoisotopic (exact) mass is 355 g/mol. The summed E-state index contributed by atoms with van der Waals surface area (Å²) >= 11 is 0. The number of ether oxygens (including phenoxy) is 1. The number of aromatic amines is 1. The summed E-state index contributed by atoms with van der Waals surface area (Å²) in [4.78, 5) is 16.2. The van der Waals surface area contributed by atoms with Crippen LogP contribution in [-0.4, -0.2) is 35.3 Å². The van der Waals surface area contributed by atoms with E-state index in [0.717, 1.165) is 17.0 Å². The summed E-state index contributed by atoms with van der Waals surface area (Å²) < 4.78 is 5.16. The largest absolute Gasteiger partial charge is 0.497 e. The smallest absolute Gasteiger partial charge is 0.320 e. The summed E-state index contributed by atoms with van der Waals surface area (Å²) in [5.41, 5.74) is 8.30. The van der Waals surface area contributed by atoms with Gasteiger partial charge in [0, 0.05) is 18.8 Å². The van der Waals surface area contributed by atoms with Gasteiger partial charge >= 0.3 is 6.03 Å². The van der Waals surface area contributed by atoms with Crippen molar-refractivity contribution in [3.8, 4) is 5.75 Å². The highest BCUT2D eigenvalue weighted by Gasteiger charge is 2.21.